The van der Waals surface area contributed by atoms with E-state index in [0.29, 0.717) is 0 Å². The van der Waals surface area contributed by atoms with E-state index in [9.17, 15) is 0 Å². The SMILES string of the molecule is Clc1nc(-c2ccccc2)cc(-c2ccc3c4ccccc4c4ccccc4c3c2)n1. The van der Waals surface area contributed by atoms with Gasteiger partial charge < -0.3 is 0 Å². The van der Waals surface area contributed by atoms with Gasteiger partial charge >= 0.3 is 0 Å². The second kappa shape index (κ2) is 7.19. The molecule has 1 aromatic heterocycles. The van der Waals surface area contributed by atoms with Crippen molar-refractivity contribution in [3.63, 3.8) is 0 Å². The smallest absolute Gasteiger partial charge is 0.218 e. The molecule has 2 nitrogen and oxygen atoms in total. The highest BCUT2D eigenvalue weighted by atomic mass is 35.5. The van der Waals surface area contributed by atoms with Gasteiger partial charge in [-0.15, -0.1) is 0 Å². The van der Waals surface area contributed by atoms with Crippen LogP contribution in [0.5, 0.6) is 0 Å². The minimum absolute atomic E-state index is 0.250. The van der Waals surface area contributed by atoms with Crippen LogP contribution in [0.15, 0.2) is 103 Å². The summed E-state index contributed by atoms with van der Waals surface area (Å²) in [7, 11) is 0. The zero-order chi connectivity index (χ0) is 20.8. The van der Waals surface area contributed by atoms with Crippen molar-refractivity contribution in [1.82, 2.24) is 9.97 Å². The molecule has 0 spiro atoms. The van der Waals surface area contributed by atoms with Crippen LogP contribution in [0.3, 0.4) is 0 Å². The maximum absolute atomic E-state index is 6.32. The minimum Gasteiger partial charge on any atom is -0.218 e. The summed E-state index contributed by atoms with van der Waals surface area (Å²) in [6.07, 6.45) is 0. The number of hydrogen-bond acceptors (Lipinski definition) is 2. The van der Waals surface area contributed by atoms with Crippen LogP contribution in [-0.4, -0.2) is 9.97 Å². The topological polar surface area (TPSA) is 25.8 Å². The molecule has 5 aromatic carbocycles. The third kappa shape index (κ3) is 3.04. The fourth-order valence-corrected chi connectivity index (χ4v) is 4.57. The van der Waals surface area contributed by atoms with Gasteiger partial charge in [-0.2, -0.15) is 0 Å². The lowest BCUT2D eigenvalue weighted by molar-refractivity contribution is 1.18. The van der Waals surface area contributed by atoms with E-state index in [1.165, 1.54) is 32.3 Å². The van der Waals surface area contributed by atoms with E-state index >= 15 is 0 Å². The molecule has 0 saturated heterocycles. The van der Waals surface area contributed by atoms with Crippen molar-refractivity contribution in [1.29, 1.82) is 0 Å². The fourth-order valence-electron chi connectivity index (χ4n) is 4.39. The van der Waals surface area contributed by atoms with E-state index in [4.69, 9.17) is 11.6 Å². The molecule has 3 heteroatoms. The van der Waals surface area contributed by atoms with Crippen molar-refractivity contribution in [3.05, 3.63) is 108 Å². The number of hydrogen-bond donors (Lipinski definition) is 0. The Kier molecular flexibility index (Phi) is 4.19. The van der Waals surface area contributed by atoms with Gasteiger partial charge in [0.15, 0.2) is 0 Å². The first kappa shape index (κ1) is 18.1. The summed E-state index contributed by atoms with van der Waals surface area (Å²) < 4.78 is 0. The van der Waals surface area contributed by atoms with Crippen LogP contribution >= 0.6 is 11.6 Å². The van der Waals surface area contributed by atoms with Crippen LogP contribution in [-0.2, 0) is 0 Å². The number of fused-ring (bicyclic) bond motifs is 6. The highest BCUT2D eigenvalue weighted by Crippen LogP contribution is 2.37. The minimum atomic E-state index is 0.250. The third-order valence-corrected chi connectivity index (χ3v) is 5.98. The van der Waals surface area contributed by atoms with Crippen LogP contribution in [0.25, 0.3) is 54.8 Å². The maximum Gasteiger partial charge on any atom is 0.223 e. The molecule has 0 atom stereocenters. The predicted octanol–water partition coefficient (Wildman–Crippen LogP) is 7.92. The Bertz CT molecular complexity index is 1550. The summed E-state index contributed by atoms with van der Waals surface area (Å²) in [5, 5.41) is 7.72. The van der Waals surface area contributed by atoms with Crippen LogP contribution in [0, 0.1) is 0 Å². The molecular weight excluding hydrogens is 400 g/mol. The zero-order valence-corrected chi connectivity index (χ0v) is 17.3. The number of benzene rings is 5. The van der Waals surface area contributed by atoms with Crippen molar-refractivity contribution in [2.24, 2.45) is 0 Å². The van der Waals surface area contributed by atoms with E-state index in [0.717, 1.165) is 22.5 Å². The summed E-state index contributed by atoms with van der Waals surface area (Å²) in [5.41, 5.74) is 3.68. The van der Waals surface area contributed by atoms with E-state index < -0.39 is 0 Å². The monoisotopic (exact) mass is 416 g/mol. The van der Waals surface area contributed by atoms with Crippen molar-refractivity contribution >= 4 is 43.9 Å². The van der Waals surface area contributed by atoms with Crippen molar-refractivity contribution < 1.29 is 0 Å². The molecule has 6 rings (SSSR count). The van der Waals surface area contributed by atoms with Gasteiger partial charge in [0.2, 0.25) is 5.28 Å². The molecule has 0 saturated carbocycles. The maximum atomic E-state index is 6.32. The Hall–Kier alpha value is -3.75. The standard InChI is InChI=1S/C28H17ClN2/c29-28-30-26(18-8-2-1-3-9-18)17-27(31-28)19-14-15-24-22-12-5-4-10-20(22)21-11-6-7-13-23(21)25(24)16-19/h1-17H. The molecule has 0 fully saturated rings. The van der Waals surface area contributed by atoms with E-state index in [-0.39, 0.29) is 5.28 Å². The Balaban J connectivity index is 1.63. The Labute approximate surface area is 184 Å². The molecule has 0 aliphatic heterocycles. The largest absolute Gasteiger partial charge is 0.223 e. The van der Waals surface area contributed by atoms with Crippen molar-refractivity contribution in [2.75, 3.05) is 0 Å². The van der Waals surface area contributed by atoms with E-state index in [1.807, 2.05) is 36.4 Å². The van der Waals surface area contributed by atoms with Crippen molar-refractivity contribution in [3.8, 4) is 22.5 Å². The highest BCUT2D eigenvalue weighted by molar-refractivity contribution is 6.28. The summed E-state index contributed by atoms with van der Waals surface area (Å²) in [6, 6.07) is 35.8. The average Bonchev–Trinajstić information content (AvgIpc) is 2.84. The lowest BCUT2D eigenvalue weighted by Crippen LogP contribution is -1.92. The predicted molar refractivity (Wildman–Crippen MR) is 130 cm³/mol. The third-order valence-electron chi connectivity index (χ3n) is 5.81. The molecular formula is C28H17ClN2. The van der Waals surface area contributed by atoms with Crippen molar-refractivity contribution in [2.45, 2.75) is 0 Å². The Morgan fingerprint density at radius 3 is 1.52 bits per heavy atom. The Morgan fingerprint density at radius 2 is 0.903 bits per heavy atom. The van der Waals surface area contributed by atoms with Gasteiger partial charge in [-0.3, -0.25) is 0 Å². The first-order chi connectivity index (χ1) is 15.3. The molecule has 0 aliphatic carbocycles. The van der Waals surface area contributed by atoms with E-state index in [2.05, 4.69) is 76.7 Å². The molecule has 0 aliphatic rings. The van der Waals surface area contributed by atoms with Gasteiger partial charge in [-0.1, -0.05) is 91.0 Å². The Morgan fingerprint density at radius 1 is 0.419 bits per heavy atom. The van der Waals surface area contributed by atoms with Gasteiger partial charge in [0.25, 0.3) is 0 Å². The lowest BCUT2D eigenvalue weighted by Gasteiger charge is -2.12. The van der Waals surface area contributed by atoms with Crippen LogP contribution in [0.4, 0.5) is 0 Å². The van der Waals surface area contributed by atoms with Gasteiger partial charge in [0.1, 0.15) is 0 Å². The molecule has 6 aromatic rings. The molecule has 0 amide bonds. The number of aromatic nitrogens is 2. The van der Waals surface area contributed by atoms with Crippen LogP contribution in [0.1, 0.15) is 0 Å². The zero-order valence-electron chi connectivity index (χ0n) is 16.6. The highest BCUT2D eigenvalue weighted by Gasteiger charge is 2.12. The van der Waals surface area contributed by atoms with Crippen LogP contribution < -0.4 is 0 Å². The molecule has 0 N–H and O–H groups in total. The number of rotatable bonds is 2. The summed E-state index contributed by atoms with van der Waals surface area (Å²) in [4.78, 5) is 8.97. The average molecular weight is 417 g/mol. The molecule has 1 heterocycles. The summed E-state index contributed by atoms with van der Waals surface area (Å²) >= 11 is 6.32. The first-order valence-electron chi connectivity index (χ1n) is 10.2. The fraction of sp³-hybridized carbons (Fsp3) is 0. The summed E-state index contributed by atoms with van der Waals surface area (Å²) in [6.45, 7) is 0. The molecule has 0 unspecified atom stereocenters. The molecule has 0 bridgehead atoms. The van der Waals surface area contributed by atoms with Crippen LogP contribution in [0.2, 0.25) is 5.28 Å². The van der Waals surface area contributed by atoms with Gasteiger partial charge in [0.05, 0.1) is 11.4 Å². The first-order valence-corrected chi connectivity index (χ1v) is 10.6. The van der Waals surface area contributed by atoms with E-state index in [1.54, 1.807) is 0 Å². The van der Waals surface area contributed by atoms with Gasteiger partial charge in [-0.25, -0.2) is 9.97 Å². The molecule has 31 heavy (non-hydrogen) atoms. The number of halogens is 1. The quantitative estimate of drug-likeness (QED) is 0.211. The second-order valence-corrected chi connectivity index (χ2v) is 7.96. The van der Waals surface area contributed by atoms with Gasteiger partial charge in [0, 0.05) is 11.1 Å². The normalized spacial score (nSPS) is 11.4. The summed E-state index contributed by atoms with van der Waals surface area (Å²) in [5.74, 6) is 0. The lowest BCUT2D eigenvalue weighted by atomic mass is 9.93. The number of nitrogens with zero attached hydrogens (tertiary/aromatic N) is 2. The second-order valence-electron chi connectivity index (χ2n) is 7.63. The molecule has 0 radical (unpaired) electrons. The molecule has 146 valence electrons. The van der Waals surface area contributed by atoms with Gasteiger partial charge in [-0.05, 0) is 56.1 Å².